The number of unbranched alkanes of at least 4 members (excludes halogenated alkanes) is 2. The van der Waals surface area contributed by atoms with Gasteiger partial charge in [0.05, 0.1) is 11.0 Å². The Kier molecular flexibility index (Phi) is 8.38. The SMILES string of the molecule is O=C(NCCCCCc1nc2ccccc2n1CCC1CCCCC1)c1ccc(Br)cc1. The van der Waals surface area contributed by atoms with Crippen LogP contribution in [0.15, 0.2) is 53.0 Å². The molecule has 1 saturated carbocycles. The summed E-state index contributed by atoms with van der Waals surface area (Å²) in [5.74, 6) is 2.11. The minimum absolute atomic E-state index is 0.00186. The number of fused-ring (bicyclic) bond motifs is 1. The lowest BCUT2D eigenvalue weighted by atomic mass is 9.87. The summed E-state index contributed by atoms with van der Waals surface area (Å²) >= 11 is 3.40. The van der Waals surface area contributed by atoms with Crippen molar-refractivity contribution in [3.63, 3.8) is 0 Å². The number of carbonyl (C=O) groups excluding carboxylic acids is 1. The van der Waals surface area contributed by atoms with Gasteiger partial charge < -0.3 is 9.88 Å². The highest BCUT2D eigenvalue weighted by Crippen LogP contribution is 2.28. The van der Waals surface area contributed by atoms with E-state index in [-0.39, 0.29) is 5.91 Å². The molecule has 3 aromatic rings. The van der Waals surface area contributed by atoms with Gasteiger partial charge in [-0.25, -0.2) is 4.98 Å². The number of halogens is 1. The minimum atomic E-state index is 0.00186. The largest absolute Gasteiger partial charge is 0.352 e. The third kappa shape index (κ3) is 6.22. The Hall–Kier alpha value is -2.14. The molecule has 1 N–H and O–H groups in total. The minimum Gasteiger partial charge on any atom is -0.352 e. The Bertz CT molecular complexity index is 1010. The van der Waals surface area contributed by atoms with Gasteiger partial charge >= 0.3 is 0 Å². The third-order valence-corrected chi connectivity index (χ3v) is 7.22. The Morgan fingerprint density at radius 2 is 1.78 bits per heavy atom. The first-order valence-corrected chi connectivity index (χ1v) is 13.0. The lowest BCUT2D eigenvalue weighted by Gasteiger charge is -2.22. The summed E-state index contributed by atoms with van der Waals surface area (Å²) in [6.07, 6.45) is 12.5. The van der Waals surface area contributed by atoms with Gasteiger partial charge in [-0.3, -0.25) is 4.79 Å². The van der Waals surface area contributed by atoms with Crippen LogP contribution < -0.4 is 5.32 Å². The molecule has 170 valence electrons. The van der Waals surface area contributed by atoms with Crippen LogP contribution in [-0.4, -0.2) is 22.0 Å². The van der Waals surface area contributed by atoms with Crippen LogP contribution in [0, 0.1) is 5.92 Å². The van der Waals surface area contributed by atoms with Gasteiger partial charge in [0.2, 0.25) is 0 Å². The van der Waals surface area contributed by atoms with Crippen molar-refractivity contribution in [3.8, 4) is 0 Å². The fourth-order valence-electron chi connectivity index (χ4n) is 4.84. The van der Waals surface area contributed by atoms with E-state index in [0.29, 0.717) is 12.1 Å². The van der Waals surface area contributed by atoms with Crippen LogP contribution >= 0.6 is 15.9 Å². The molecular weight excluding hydrogens is 462 g/mol. The average molecular weight is 496 g/mol. The van der Waals surface area contributed by atoms with Crippen LogP contribution in [0.5, 0.6) is 0 Å². The standard InChI is InChI=1S/C27H34BrN3O/c28-23-16-14-22(15-17-23)27(32)29-19-8-2-5-13-26-30-24-11-6-7-12-25(24)31(26)20-18-21-9-3-1-4-10-21/h6-7,11-12,14-17,21H,1-5,8-10,13,18-20H2,(H,29,32). The second-order valence-corrected chi connectivity index (χ2v) is 9.95. The number of aryl methyl sites for hydroxylation is 2. The predicted molar refractivity (Wildman–Crippen MR) is 135 cm³/mol. The quantitative estimate of drug-likeness (QED) is 0.310. The van der Waals surface area contributed by atoms with Crippen molar-refractivity contribution < 1.29 is 4.79 Å². The molecule has 0 bridgehead atoms. The highest BCUT2D eigenvalue weighted by Gasteiger charge is 2.16. The molecule has 1 aliphatic carbocycles. The van der Waals surface area contributed by atoms with Crippen molar-refractivity contribution >= 4 is 32.9 Å². The molecule has 0 atom stereocenters. The summed E-state index contributed by atoms with van der Waals surface area (Å²) in [6, 6.07) is 16.0. The van der Waals surface area contributed by atoms with E-state index in [2.05, 4.69) is 50.1 Å². The summed E-state index contributed by atoms with van der Waals surface area (Å²) in [4.78, 5) is 17.2. The fourth-order valence-corrected chi connectivity index (χ4v) is 5.11. The number of carbonyl (C=O) groups is 1. The zero-order chi connectivity index (χ0) is 22.2. The van der Waals surface area contributed by atoms with E-state index in [1.165, 1.54) is 49.9 Å². The van der Waals surface area contributed by atoms with E-state index in [1.807, 2.05) is 24.3 Å². The summed E-state index contributed by atoms with van der Waals surface area (Å²) in [5, 5.41) is 3.03. The monoisotopic (exact) mass is 495 g/mol. The molecule has 2 aromatic carbocycles. The predicted octanol–water partition coefficient (Wildman–Crippen LogP) is 6.91. The van der Waals surface area contributed by atoms with E-state index in [0.717, 1.165) is 48.1 Å². The molecule has 4 rings (SSSR count). The van der Waals surface area contributed by atoms with Gasteiger partial charge in [0.15, 0.2) is 0 Å². The van der Waals surface area contributed by atoms with Gasteiger partial charge in [0, 0.05) is 29.5 Å². The lowest BCUT2D eigenvalue weighted by Crippen LogP contribution is -2.24. The molecule has 0 spiro atoms. The summed E-state index contributed by atoms with van der Waals surface area (Å²) in [5.41, 5.74) is 3.10. The Morgan fingerprint density at radius 1 is 1.00 bits per heavy atom. The number of amides is 1. The summed E-state index contributed by atoms with van der Waals surface area (Å²) in [6.45, 7) is 1.80. The number of hydrogen-bond donors (Lipinski definition) is 1. The highest BCUT2D eigenvalue weighted by molar-refractivity contribution is 9.10. The van der Waals surface area contributed by atoms with Gasteiger partial charge in [-0.2, -0.15) is 0 Å². The third-order valence-electron chi connectivity index (χ3n) is 6.69. The second-order valence-electron chi connectivity index (χ2n) is 9.03. The molecule has 0 radical (unpaired) electrons. The average Bonchev–Trinajstić information content (AvgIpc) is 3.18. The highest BCUT2D eigenvalue weighted by atomic mass is 79.9. The van der Waals surface area contributed by atoms with Gasteiger partial charge in [-0.1, -0.05) is 66.6 Å². The summed E-state index contributed by atoms with van der Waals surface area (Å²) < 4.78 is 3.46. The molecule has 0 unspecified atom stereocenters. The lowest BCUT2D eigenvalue weighted by molar-refractivity contribution is 0.0953. The number of aromatic nitrogens is 2. The van der Waals surface area contributed by atoms with Crippen molar-refractivity contribution in [1.82, 2.24) is 14.9 Å². The number of nitrogens with one attached hydrogen (secondary N) is 1. The molecule has 0 aliphatic heterocycles. The second kappa shape index (κ2) is 11.6. The number of hydrogen-bond acceptors (Lipinski definition) is 2. The molecule has 1 heterocycles. The zero-order valence-corrected chi connectivity index (χ0v) is 20.4. The molecule has 1 fully saturated rings. The fraction of sp³-hybridized carbons (Fsp3) is 0.481. The number of nitrogens with zero attached hydrogens (tertiary/aromatic N) is 2. The molecule has 32 heavy (non-hydrogen) atoms. The first-order chi connectivity index (χ1) is 15.7. The van der Waals surface area contributed by atoms with Crippen LogP contribution in [0.1, 0.15) is 74.0 Å². The van der Waals surface area contributed by atoms with Crippen LogP contribution in [0.3, 0.4) is 0 Å². The van der Waals surface area contributed by atoms with E-state index in [9.17, 15) is 4.79 Å². The van der Waals surface area contributed by atoms with Crippen molar-refractivity contribution in [2.45, 2.75) is 70.8 Å². The topological polar surface area (TPSA) is 46.9 Å². The molecule has 0 saturated heterocycles. The van der Waals surface area contributed by atoms with Crippen LogP contribution in [0.2, 0.25) is 0 Å². The van der Waals surface area contributed by atoms with E-state index in [4.69, 9.17) is 4.98 Å². The zero-order valence-electron chi connectivity index (χ0n) is 18.9. The Balaban J connectivity index is 1.25. The van der Waals surface area contributed by atoms with E-state index < -0.39 is 0 Å². The van der Waals surface area contributed by atoms with E-state index >= 15 is 0 Å². The number of rotatable bonds is 10. The van der Waals surface area contributed by atoms with Crippen LogP contribution in [0.4, 0.5) is 0 Å². The van der Waals surface area contributed by atoms with Gasteiger partial charge in [0.25, 0.3) is 5.91 Å². The van der Waals surface area contributed by atoms with Crippen LogP contribution in [-0.2, 0) is 13.0 Å². The Labute approximate surface area is 199 Å². The van der Waals surface area contributed by atoms with Gasteiger partial charge in [0.1, 0.15) is 5.82 Å². The molecule has 1 amide bonds. The van der Waals surface area contributed by atoms with Crippen molar-refractivity contribution in [2.75, 3.05) is 6.54 Å². The normalized spacial score (nSPS) is 14.7. The molecule has 5 heteroatoms. The van der Waals surface area contributed by atoms with Gasteiger partial charge in [-0.05, 0) is 61.6 Å². The first-order valence-electron chi connectivity index (χ1n) is 12.2. The van der Waals surface area contributed by atoms with Crippen LogP contribution in [0.25, 0.3) is 11.0 Å². The number of benzene rings is 2. The molecule has 1 aromatic heterocycles. The maximum absolute atomic E-state index is 12.2. The summed E-state index contributed by atoms with van der Waals surface area (Å²) in [7, 11) is 0. The number of imidazole rings is 1. The van der Waals surface area contributed by atoms with Crippen molar-refractivity contribution in [1.29, 1.82) is 0 Å². The molecule has 1 aliphatic rings. The maximum Gasteiger partial charge on any atom is 0.251 e. The first kappa shape index (κ1) is 23.0. The van der Waals surface area contributed by atoms with Crippen molar-refractivity contribution in [3.05, 3.63) is 64.4 Å². The molecule has 4 nitrogen and oxygen atoms in total. The molecular formula is C27H34BrN3O. The maximum atomic E-state index is 12.2. The van der Waals surface area contributed by atoms with Crippen molar-refractivity contribution in [2.24, 2.45) is 5.92 Å². The number of para-hydroxylation sites is 2. The van der Waals surface area contributed by atoms with E-state index in [1.54, 1.807) is 0 Å². The Morgan fingerprint density at radius 3 is 2.59 bits per heavy atom. The van der Waals surface area contributed by atoms with Gasteiger partial charge in [-0.15, -0.1) is 0 Å². The smallest absolute Gasteiger partial charge is 0.251 e.